The van der Waals surface area contributed by atoms with Crippen LogP contribution in [0.4, 0.5) is 0 Å². The Labute approximate surface area is 111 Å². The molecule has 0 saturated carbocycles. The van der Waals surface area contributed by atoms with Crippen molar-refractivity contribution in [2.24, 2.45) is 12.8 Å². The monoisotopic (exact) mass is 263 g/mol. The van der Waals surface area contributed by atoms with E-state index in [2.05, 4.69) is 11.2 Å². The van der Waals surface area contributed by atoms with Gasteiger partial charge in [0.05, 0.1) is 13.3 Å². The molecule has 0 saturated heterocycles. The SMILES string of the molecule is COc1ccc(CN)cc1CSc1cnn(C)c1. The van der Waals surface area contributed by atoms with Gasteiger partial charge in [-0.1, -0.05) is 6.07 Å². The molecule has 0 radical (unpaired) electrons. The van der Waals surface area contributed by atoms with Crippen molar-refractivity contribution in [3.63, 3.8) is 0 Å². The molecule has 0 bridgehead atoms. The molecule has 1 heterocycles. The smallest absolute Gasteiger partial charge is 0.122 e. The van der Waals surface area contributed by atoms with Gasteiger partial charge in [-0.25, -0.2) is 0 Å². The third-order valence-corrected chi connectivity index (χ3v) is 3.66. The predicted molar refractivity (Wildman–Crippen MR) is 73.7 cm³/mol. The minimum absolute atomic E-state index is 0.550. The molecule has 2 aromatic rings. The van der Waals surface area contributed by atoms with Gasteiger partial charge in [-0.15, -0.1) is 11.8 Å². The second-order valence-corrected chi connectivity index (χ2v) is 5.04. The molecule has 0 fully saturated rings. The molecule has 1 aromatic carbocycles. The van der Waals surface area contributed by atoms with Crippen LogP contribution in [0.1, 0.15) is 11.1 Å². The molecule has 0 spiro atoms. The molecule has 2 N–H and O–H groups in total. The third kappa shape index (κ3) is 3.05. The van der Waals surface area contributed by atoms with Gasteiger partial charge in [-0.2, -0.15) is 5.10 Å². The molecule has 2 rings (SSSR count). The van der Waals surface area contributed by atoms with E-state index in [1.54, 1.807) is 23.6 Å². The molecule has 0 aliphatic rings. The summed E-state index contributed by atoms with van der Waals surface area (Å²) in [6.45, 7) is 0.550. The molecular weight excluding hydrogens is 246 g/mol. The zero-order valence-corrected chi connectivity index (χ0v) is 11.4. The van der Waals surface area contributed by atoms with Crippen LogP contribution in [0.5, 0.6) is 5.75 Å². The van der Waals surface area contributed by atoms with Gasteiger partial charge in [0.2, 0.25) is 0 Å². The van der Waals surface area contributed by atoms with Crippen molar-refractivity contribution in [3.8, 4) is 5.75 Å². The van der Waals surface area contributed by atoms with Crippen LogP contribution in [0.2, 0.25) is 0 Å². The van der Waals surface area contributed by atoms with Crippen molar-refractivity contribution in [3.05, 3.63) is 41.7 Å². The van der Waals surface area contributed by atoms with Crippen molar-refractivity contribution < 1.29 is 4.74 Å². The molecule has 4 nitrogen and oxygen atoms in total. The molecular formula is C13H17N3OS. The van der Waals surface area contributed by atoms with E-state index in [1.165, 1.54) is 0 Å². The quantitative estimate of drug-likeness (QED) is 0.840. The first kappa shape index (κ1) is 13.0. The van der Waals surface area contributed by atoms with Gasteiger partial charge >= 0.3 is 0 Å². The van der Waals surface area contributed by atoms with Crippen molar-refractivity contribution in [1.82, 2.24) is 9.78 Å². The van der Waals surface area contributed by atoms with Crippen molar-refractivity contribution in [1.29, 1.82) is 0 Å². The zero-order valence-electron chi connectivity index (χ0n) is 10.6. The number of aromatic nitrogens is 2. The molecule has 96 valence electrons. The number of nitrogens with zero attached hydrogens (tertiary/aromatic N) is 2. The number of benzene rings is 1. The fourth-order valence-electron chi connectivity index (χ4n) is 1.71. The van der Waals surface area contributed by atoms with Gasteiger partial charge < -0.3 is 10.5 Å². The summed E-state index contributed by atoms with van der Waals surface area (Å²) in [4.78, 5) is 1.15. The highest BCUT2D eigenvalue weighted by Gasteiger charge is 2.06. The summed E-state index contributed by atoms with van der Waals surface area (Å²) < 4.78 is 7.16. The van der Waals surface area contributed by atoms with Gasteiger partial charge in [-0.3, -0.25) is 4.68 Å². The van der Waals surface area contributed by atoms with Crippen LogP contribution >= 0.6 is 11.8 Å². The Morgan fingerprint density at radius 1 is 1.44 bits per heavy atom. The number of hydrogen-bond acceptors (Lipinski definition) is 4. The first-order chi connectivity index (χ1) is 8.72. The molecule has 0 amide bonds. The lowest BCUT2D eigenvalue weighted by atomic mass is 10.1. The van der Waals surface area contributed by atoms with Crippen LogP contribution in [0.15, 0.2) is 35.5 Å². The van der Waals surface area contributed by atoms with E-state index in [-0.39, 0.29) is 0 Å². The second-order valence-electron chi connectivity index (χ2n) is 3.99. The van der Waals surface area contributed by atoms with Crippen molar-refractivity contribution in [2.75, 3.05) is 7.11 Å². The van der Waals surface area contributed by atoms with Crippen LogP contribution in [-0.4, -0.2) is 16.9 Å². The molecule has 1 aromatic heterocycles. The zero-order chi connectivity index (χ0) is 13.0. The number of rotatable bonds is 5. The van der Waals surface area contributed by atoms with Crippen molar-refractivity contribution >= 4 is 11.8 Å². The molecule has 5 heteroatoms. The van der Waals surface area contributed by atoms with E-state index in [9.17, 15) is 0 Å². The Kier molecular flexibility index (Phi) is 4.28. The average Bonchev–Trinajstić information content (AvgIpc) is 2.81. The highest BCUT2D eigenvalue weighted by molar-refractivity contribution is 7.98. The largest absolute Gasteiger partial charge is 0.496 e. The number of thioether (sulfide) groups is 1. The van der Waals surface area contributed by atoms with E-state index in [4.69, 9.17) is 10.5 Å². The minimum atomic E-state index is 0.550. The van der Waals surface area contributed by atoms with Gasteiger partial charge in [0.1, 0.15) is 5.75 Å². The summed E-state index contributed by atoms with van der Waals surface area (Å²) in [5.41, 5.74) is 7.94. The van der Waals surface area contributed by atoms with E-state index >= 15 is 0 Å². The minimum Gasteiger partial charge on any atom is -0.496 e. The van der Waals surface area contributed by atoms with E-state index in [0.717, 1.165) is 27.5 Å². The predicted octanol–water partition coefficient (Wildman–Crippen LogP) is 2.18. The number of ether oxygens (including phenoxy) is 1. The van der Waals surface area contributed by atoms with Gasteiger partial charge in [0.25, 0.3) is 0 Å². The maximum atomic E-state index is 5.66. The maximum absolute atomic E-state index is 5.66. The normalized spacial score (nSPS) is 10.6. The fraction of sp³-hybridized carbons (Fsp3) is 0.308. The van der Waals surface area contributed by atoms with Crippen LogP contribution in [0.25, 0.3) is 0 Å². The summed E-state index contributed by atoms with van der Waals surface area (Å²) in [6, 6.07) is 6.07. The fourth-order valence-corrected chi connectivity index (χ4v) is 2.60. The van der Waals surface area contributed by atoms with Gasteiger partial charge in [-0.05, 0) is 17.7 Å². The molecule has 0 aliphatic carbocycles. The molecule has 0 unspecified atom stereocenters. The van der Waals surface area contributed by atoms with E-state index < -0.39 is 0 Å². The highest BCUT2D eigenvalue weighted by Crippen LogP contribution is 2.28. The van der Waals surface area contributed by atoms with Gasteiger partial charge in [0.15, 0.2) is 0 Å². The standard InChI is InChI=1S/C13H17N3OS/c1-16-8-12(7-15-16)18-9-11-5-10(6-14)3-4-13(11)17-2/h3-5,7-8H,6,9,14H2,1-2H3. The molecule has 18 heavy (non-hydrogen) atoms. The van der Waals surface area contributed by atoms with Crippen LogP contribution in [-0.2, 0) is 19.3 Å². The Hall–Kier alpha value is -1.46. The Morgan fingerprint density at radius 2 is 2.28 bits per heavy atom. The van der Waals surface area contributed by atoms with E-state index in [1.807, 2.05) is 31.6 Å². The molecule has 0 aliphatic heterocycles. The lowest BCUT2D eigenvalue weighted by Gasteiger charge is -2.09. The summed E-state index contributed by atoms with van der Waals surface area (Å²) >= 11 is 1.74. The number of aryl methyl sites for hydroxylation is 1. The second kappa shape index (κ2) is 5.93. The maximum Gasteiger partial charge on any atom is 0.122 e. The third-order valence-electron chi connectivity index (χ3n) is 2.66. The lowest BCUT2D eigenvalue weighted by Crippen LogP contribution is -1.98. The van der Waals surface area contributed by atoms with E-state index in [0.29, 0.717) is 6.54 Å². The first-order valence-corrected chi connectivity index (χ1v) is 6.69. The number of methoxy groups -OCH3 is 1. The average molecular weight is 263 g/mol. The summed E-state index contributed by atoms with van der Waals surface area (Å²) in [5.74, 6) is 1.76. The number of hydrogen-bond donors (Lipinski definition) is 1. The highest BCUT2D eigenvalue weighted by atomic mass is 32.2. The first-order valence-electron chi connectivity index (χ1n) is 5.70. The Balaban J connectivity index is 2.11. The summed E-state index contributed by atoms with van der Waals surface area (Å²) in [5, 5.41) is 4.15. The topological polar surface area (TPSA) is 53.1 Å². The lowest BCUT2D eigenvalue weighted by molar-refractivity contribution is 0.411. The van der Waals surface area contributed by atoms with Crippen molar-refractivity contribution in [2.45, 2.75) is 17.2 Å². The summed E-state index contributed by atoms with van der Waals surface area (Å²) in [7, 11) is 3.61. The van der Waals surface area contributed by atoms with Crippen LogP contribution in [0, 0.1) is 0 Å². The van der Waals surface area contributed by atoms with Crippen LogP contribution < -0.4 is 10.5 Å². The molecule has 0 atom stereocenters. The summed E-state index contributed by atoms with van der Waals surface area (Å²) in [6.07, 6.45) is 3.87. The van der Waals surface area contributed by atoms with Gasteiger partial charge in [0, 0.05) is 36.0 Å². The Bertz CT molecular complexity index is 525. The Morgan fingerprint density at radius 3 is 2.89 bits per heavy atom. The number of nitrogens with two attached hydrogens (primary N) is 1. The van der Waals surface area contributed by atoms with Crippen LogP contribution in [0.3, 0.4) is 0 Å².